The lowest BCUT2D eigenvalue weighted by atomic mass is 10.1. The fourth-order valence-electron chi connectivity index (χ4n) is 1.50. The molecule has 4 heteroatoms. The fourth-order valence-corrected chi connectivity index (χ4v) is 1.50. The van der Waals surface area contributed by atoms with Gasteiger partial charge in [0.2, 0.25) is 0 Å². The van der Waals surface area contributed by atoms with E-state index in [1.54, 1.807) is 12.3 Å². The molecule has 4 nitrogen and oxygen atoms in total. The normalized spacial score (nSPS) is 10.4. The Bertz CT molecular complexity index is 488. The number of methoxy groups -OCH3 is 1. The van der Waals surface area contributed by atoms with Gasteiger partial charge in [-0.05, 0) is 18.6 Å². The lowest BCUT2D eigenvalue weighted by Crippen LogP contribution is -2.02. The summed E-state index contributed by atoms with van der Waals surface area (Å²) in [5.74, 6) is -0.333. The third-order valence-corrected chi connectivity index (χ3v) is 2.18. The molecule has 0 amide bonds. The predicted octanol–water partition coefficient (Wildman–Crippen LogP) is 1.66. The molecular weight excluding hydrogens is 180 g/mol. The van der Waals surface area contributed by atoms with Crippen LogP contribution in [0.5, 0.6) is 0 Å². The highest BCUT2D eigenvalue weighted by Gasteiger charge is 2.13. The monoisotopic (exact) mass is 190 g/mol. The highest BCUT2D eigenvalue weighted by molar-refractivity contribution is 6.03. The molecule has 2 aromatic heterocycles. The van der Waals surface area contributed by atoms with Crippen molar-refractivity contribution < 1.29 is 9.53 Å². The van der Waals surface area contributed by atoms with Gasteiger partial charge < -0.3 is 9.72 Å². The van der Waals surface area contributed by atoms with Crippen LogP contribution in [0.3, 0.4) is 0 Å². The third-order valence-electron chi connectivity index (χ3n) is 2.18. The Hall–Kier alpha value is -1.84. The number of aryl methyl sites for hydroxylation is 1. The second kappa shape index (κ2) is 3.14. The van der Waals surface area contributed by atoms with E-state index in [1.165, 1.54) is 7.11 Å². The van der Waals surface area contributed by atoms with Gasteiger partial charge in [0.15, 0.2) is 0 Å². The SMILES string of the molecule is COC(=O)c1ccnc2[nH]cc(C)c12. The molecule has 14 heavy (non-hydrogen) atoms. The highest BCUT2D eigenvalue weighted by Crippen LogP contribution is 2.20. The number of ether oxygens (including phenoxy) is 1. The predicted molar refractivity (Wildman–Crippen MR) is 52.2 cm³/mol. The number of carbonyl (C=O) groups is 1. The van der Waals surface area contributed by atoms with Gasteiger partial charge in [-0.3, -0.25) is 0 Å². The van der Waals surface area contributed by atoms with Crippen molar-refractivity contribution in [1.29, 1.82) is 0 Å². The summed E-state index contributed by atoms with van der Waals surface area (Å²) in [4.78, 5) is 18.5. The number of fused-ring (bicyclic) bond motifs is 1. The minimum absolute atomic E-state index is 0.333. The fraction of sp³-hybridized carbons (Fsp3) is 0.200. The minimum atomic E-state index is -0.333. The van der Waals surface area contributed by atoms with E-state index in [0.29, 0.717) is 11.2 Å². The standard InChI is InChI=1S/C10H10N2O2/c1-6-5-12-9-8(6)7(3-4-11-9)10(13)14-2/h3-5H,1-2H3,(H,11,12). The Morgan fingerprint density at radius 2 is 2.36 bits per heavy atom. The van der Waals surface area contributed by atoms with Gasteiger partial charge in [-0.25, -0.2) is 9.78 Å². The van der Waals surface area contributed by atoms with E-state index in [0.717, 1.165) is 10.9 Å². The summed E-state index contributed by atoms with van der Waals surface area (Å²) in [5.41, 5.74) is 2.26. The van der Waals surface area contributed by atoms with Crippen molar-refractivity contribution in [2.75, 3.05) is 7.11 Å². The van der Waals surface area contributed by atoms with E-state index < -0.39 is 0 Å². The average Bonchev–Trinajstić information content (AvgIpc) is 2.59. The second-order valence-electron chi connectivity index (χ2n) is 3.05. The highest BCUT2D eigenvalue weighted by atomic mass is 16.5. The summed E-state index contributed by atoms with van der Waals surface area (Å²) in [5, 5.41) is 0.833. The van der Waals surface area contributed by atoms with Crippen LogP contribution in [0, 0.1) is 6.92 Å². The molecule has 0 saturated heterocycles. The molecule has 0 atom stereocenters. The molecule has 2 heterocycles. The van der Waals surface area contributed by atoms with Crippen molar-refractivity contribution in [2.24, 2.45) is 0 Å². The smallest absolute Gasteiger partial charge is 0.338 e. The largest absolute Gasteiger partial charge is 0.465 e. The summed E-state index contributed by atoms with van der Waals surface area (Å²) in [6.45, 7) is 1.92. The maximum atomic E-state index is 11.4. The first-order chi connectivity index (χ1) is 6.74. The number of H-pyrrole nitrogens is 1. The number of esters is 1. The van der Waals surface area contributed by atoms with Gasteiger partial charge in [0, 0.05) is 17.8 Å². The van der Waals surface area contributed by atoms with Crippen LogP contribution in [0.15, 0.2) is 18.5 Å². The van der Waals surface area contributed by atoms with Gasteiger partial charge in [-0.2, -0.15) is 0 Å². The molecule has 0 aromatic carbocycles. The lowest BCUT2D eigenvalue weighted by molar-refractivity contribution is 0.0603. The molecule has 2 aromatic rings. The molecule has 0 aliphatic carbocycles. The summed E-state index contributed by atoms with van der Waals surface area (Å²) in [7, 11) is 1.37. The summed E-state index contributed by atoms with van der Waals surface area (Å²) >= 11 is 0. The number of nitrogens with one attached hydrogen (secondary N) is 1. The number of aromatic nitrogens is 2. The van der Waals surface area contributed by atoms with Gasteiger partial charge in [-0.15, -0.1) is 0 Å². The van der Waals surface area contributed by atoms with Crippen LogP contribution in [-0.2, 0) is 4.74 Å². The van der Waals surface area contributed by atoms with Gasteiger partial charge >= 0.3 is 5.97 Å². The zero-order valence-corrected chi connectivity index (χ0v) is 8.00. The van der Waals surface area contributed by atoms with Crippen molar-refractivity contribution in [2.45, 2.75) is 6.92 Å². The summed E-state index contributed by atoms with van der Waals surface area (Å²) < 4.78 is 4.69. The van der Waals surface area contributed by atoms with Crippen LogP contribution in [0.1, 0.15) is 15.9 Å². The molecule has 0 aliphatic rings. The van der Waals surface area contributed by atoms with Crippen LogP contribution < -0.4 is 0 Å². The Labute approximate surface area is 80.9 Å². The van der Waals surface area contributed by atoms with E-state index >= 15 is 0 Å². The van der Waals surface area contributed by atoms with Gasteiger partial charge in [0.25, 0.3) is 0 Å². The Morgan fingerprint density at radius 3 is 3.07 bits per heavy atom. The number of hydrogen-bond acceptors (Lipinski definition) is 3. The minimum Gasteiger partial charge on any atom is -0.465 e. The van der Waals surface area contributed by atoms with Crippen LogP contribution in [0.25, 0.3) is 11.0 Å². The average molecular weight is 190 g/mol. The van der Waals surface area contributed by atoms with E-state index in [9.17, 15) is 4.79 Å². The molecule has 0 bridgehead atoms. The van der Waals surface area contributed by atoms with Crippen molar-refractivity contribution >= 4 is 17.0 Å². The molecule has 0 aliphatic heterocycles. The second-order valence-corrected chi connectivity index (χ2v) is 3.05. The summed E-state index contributed by atoms with van der Waals surface area (Å²) in [6, 6.07) is 1.66. The van der Waals surface area contributed by atoms with E-state index in [4.69, 9.17) is 0 Å². The Morgan fingerprint density at radius 1 is 1.57 bits per heavy atom. The third kappa shape index (κ3) is 1.16. The number of carbonyl (C=O) groups excluding carboxylic acids is 1. The molecular formula is C10H10N2O2. The van der Waals surface area contributed by atoms with Crippen molar-refractivity contribution in [3.63, 3.8) is 0 Å². The molecule has 0 fully saturated rings. The van der Waals surface area contributed by atoms with E-state index in [-0.39, 0.29) is 5.97 Å². The topological polar surface area (TPSA) is 55.0 Å². The first kappa shape index (κ1) is 8.74. The first-order valence-electron chi connectivity index (χ1n) is 4.25. The molecule has 2 rings (SSSR count). The number of nitrogens with zero attached hydrogens (tertiary/aromatic N) is 1. The van der Waals surface area contributed by atoms with E-state index in [2.05, 4.69) is 14.7 Å². The van der Waals surface area contributed by atoms with Crippen LogP contribution >= 0.6 is 0 Å². The lowest BCUT2D eigenvalue weighted by Gasteiger charge is -2.00. The molecule has 0 unspecified atom stereocenters. The zero-order chi connectivity index (χ0) is 10.1. The maximum absolute atomic E-state index is 11.4. The molecule has 0 spiro atoms. The van der Waals surface area contributed by atoms with Gasteiger partial charge in [0.1, 0.15) is 5.65 Å². The van der Waals surface area contributed by atoms with Crippen LogP contribution in [0.2, 0.25) is 0 Å². The Kier molecular flexibility index (Phi) is 1.96. The Balaban J connectivity index is 2.75. The van der Waals surface area contributed by atoms with Crippen LogP contribution in [-0.4, -0.2) is 23.0 Å². The van der Waals surface area contributed by atoms with Crippen molar-refractivity contribution in [3.05, 3.63) is 29.6 Å². The molecule has 1 N–H and O–H groups in total. The summed E-state index contributed by atoms with van der Waals surface area (Å²) in [6.07, 6.45) is 3.41. The van der Waals surface area contributed by atoms with Crippen LogP contribution in [0.4, 0.5) is 0 Å². The van der Waals surface area contributed by atoms with E-state index in [1.807, 2.05) is 13.1 Å². The number of rotatable bonds is 1. The van der Waals surface area contributed by atoms with Crippen molar-refractivity contribution in [1.82, 2.24) is 9.97 Å². The number of aromatic amines is 1. The molecule has 72 valence electrons. The quantitative estimate of drug-likeness (QED) is 0.696. The van der Waals surface area contributed by atoms with Gasteiger partial charge in [-0.1, -0.05) is 0 Å². The zero-order valence-electron chi connectivity index (χ0n) is 8.00. The maximum Gasteiger partial charge on any atom is 0.338 e. The molecule has 0 radical (unpaired) electrons. The first-order valence-corrected chi connectivity index (χ1v) is 4.25. The van der Waals surface area contributed by atoms with Crippen molar-refractivity contribution in [3.8, 4) is 0 Å². The number of hydrogen-bond donors (Lipinski definition) is 1. The number of pyridine rings is 1. The molecule has 0 saturated carbocycles. The van der Waals surface area contributed by atoms with Gasteiger partial charge in [0.05, 0.1) is 12.7 Å².